The number of methoxy groups -OCH3 is 3. The second-order valence-electron chi connectivity index (χ2n) is 8.39. The Morgan fingerprint density at radius 3 is 2.05 bits per heavy atom. The highest BCUT2D eigenvalue weighted by molar-refractivity contribution is 7.99. The topological polar surface area (TPSA) is 133 Å². The molecule has 214 valence electrons. The smallest absolute Gasteiger partial charge is 0.229 e. The lowest BCUT2D eigenvalue weighted by Gasteiger charge is -2.40. The number of aliphatic hydroxyl groups is 3. The number of benzene rings is 1. The van der Waals surface area contributed by atoms with Gasteiger partial charge in [-0.3, -0.25) is 4.79 Å². The van der Waals surface area contributed by atoms with Crippen molar-refractivity contribution >= 4 is 18.0 Å². The molecular formula is C26H44O10S. The number of hydrogen-bond acceptors (Lipinski definition) is 11. The third-order valence-corrected chi connectivity index (χ3v) is 7.41. The zero-order valence-corrected chi connectivity index (χ0v) is 24.2. The molecule has 1 aromatic rings. The van der Waals surface area contributed by atoms with Crippen molar-refractivity contribution in [3.05, 3.63) is 16.7 Å². The molecule has 2 fully saturated rings. The Morgan fingerprint density at radius 2 is 1.59 bits per heavy atom. The van der Waals surface area contributed by atoms with E-state index in [-0.39, 0.29) is 23.4 Å². The number of aliphatic hydroxyl groups excluding tert-OH is 3. The first kappa shape index (κ1) is 33.4. The summed E-state index contributed by atoms with van der Waals surface area (Å²) < 4.78 is 32.6. The Balaban J connectivity index is 0.000000519. The lowest BCUT2D eigenvalue weighted by Crippen LogP contribution is -2.59. The second kappa shape index (κ2) is 16.4. The van der Waals surface area contributed by atoms with Crippen molar-refractivity contribution in [1.82, 2.24) is 0 Å². The van der Waals surface area contributed by atoms with Crippen LogP contribution in [-0.2, 0) is 14.2 Å². The van der Waals surface area contributed by atoms with Gasteiger partial charge in [0, 0.05) is 13.7 Å². The van der Waals surface area contributed by atoms with Crippen LogP contribution in [0.2, 0.25) is 0 Å². The lowest BCUT2D eigenvalue weighted by atomic mass is 9.99. The molecule has 0 aromatic heterocycles. The summed E-state index contributed by atoms with van der Waals surface area (Å²) in [6.07, 6.45) is -1.46. The molecule has 0 aliphatic carbocycles. The maximum atomic E-state index is 11.5. The van der Waals surface area contributed by atoms with Gasteiger partial charge in [0.2, 0.25) is 12.0 Å². The Kier molecular flexibility index (Phi) is 14.8. The molecule has 0 amide bonds. The molecule has 0 bridgehead atoms. The Hall–Kier alpha value is -1.60. The van der Waals surface area contributed by atoms with Gasteiger partial charge in [0.1, 0.15) is 18.3 Å². The first-order valence-electron chi connectivity index (χ1n) is 12.4. The average molecular weight is 549 g/mol. The van der Waals surface area contributed by atoms with Crippen molar-refractivity contribution < 1.29 is 48.5 Å². The molecule has 3 rings (SSSR count). The first-order chi connectivity index (χ1) is 17.7. The SMILES string of the molecule is CC.COc1c(C=O)c(C)c(C)c(O[C@@H]2OC(C)[C@H](O)C(OC)C2O)c1OC.CSC1COCCC1O. The number of carbonyl (C=O) groups excluding carboxylic acids is 1. The van der Waals surface area contributed by atoms with Crippen molar-refractivity contribution in [3.63, 3.8) is 0 Å². The Morgan fingerprint density at radius 1 is 0.973 bits per heavy atom. The number of thioether (sulfide) groups is 1. The maximum absolute atomic E-state index is 11.5. The van der Waals surface area contributed by atoms with Crippen molar-refractivity contribution in [3.8, 4) is 17.2 Å². The summed E-state index contributed by atoms with van der Waals surface area (Å²) in [6.45, 7) is 10.6. The van der Waals surface area contributed by atoms with E-state index in [9.17, 15) is 20.1 Å². The predicted molar refractivity (Wildman–Crippen MR) is 142 cm³/mol. The van der Waals surface area contributed by atoms with Gasteiger partial charge in [-0.25, -0.2) is 0 Å². The molecule has 2 aliphatic rings. The number of rotatable bonds is 7. The molecule has 11 heteroatoms. The molecule has 5 unspecified atom stereocenters. The van der Waals surface area contributed by atoms with Gasteiger partial charge in [-0.15, -0.1) is 0 Å². The van der Waals surface area contributed by atoms with E-state index in [0.29, 0.717) is 34.8 Å². The van der Waals surface area contributed by atoms with Gasteiger partial charge in [-0.2, -0.15) is 11.8 Å². The zero-order chi connectivity index (χ0) is 28.3. The predicted octanol–water partition coefficient (Wildman–Crippen LogP) is 2.52. The van der Waals surface area contributed by atoms with Crippen LogP contribution < -0.4 is 14.2 Å². The van der Waals surface area contributed by atoms with E-state index < -0.39 is 30.7 Å². The van der Waals surface area contributed by atoms with Crippen LogP contribution in [-0.4, -0.2) is 104 Å². The highest BCUT2D eigenvalue weighted by Gasteiger charge is 2.45. The third-order valence-electron chi connectivity index (χ3n) is 6.35. The monoisotopic (exact) mass is 548 g/mol. The second-order valence-corrected chi connectivity index (χ2v) is 9.47. The van der Waals surface area contributed by atoms with E-state index in [0.717, 1.165) is 13.0 Å². The van der Waals surface area contributed by atoms with Gasteiger partial charge in [0.25, 0.3) is 0 Å². The van der Waals surface area contributed by atoms with Crippen molar-refractivity contribution in [2.75, 3.05) is 40.8 Å². The molecule has 37 heavy (non-hydrogen) atoms. The van der Waals surface area contributed by atoms with Crippen molar-refractivity contribution in [1.29, 1.82) is 0 Å². The third kappa shape index (κ3) is 7.95. The lowest BCUT2D eigenvalue weighted by molar-refractivity contribution is -0.273. The fourth-order valence-electron chi connectivity index (χ4n) is 4.02. The molecule has 10 nitrogen and oxygen atoms in total. The molecule has 3 N–H and O–H groups in total. The molecule has 0 saturated carbocycles. The standard InChI is InChI=1S/C18H26O8.C6H12O2S.C2H6/c1-8-9(2)14(17(24-6)15(22-4)11(8)7-19)26-18-13(21)16(23-5)12(20)10(3)25-18;1-9-6-4-8-3-2-5(6)7;1-2/h7,10,12-13,16,18,20-21H,1-6H3;5-7H,2-4H2,1H3;1-2H3/t10?,12-,13?,16?,18-;;/m0../s1. The number of carbonyl (C=O) groups is 1. The first-order valence-corrected chi connectivity index (χ1v) is 13.6. The fraction of sp³-hybridized carbons (Fsp3) is 0.731. The highest BCUT2D eigenvalue weighted by Crippen LogP contribution is 2.45. The highest BCUT2D eigenvalue weighted by atomic mass is 32.2. The summed E-state index contributed by atoms with van der Waals surface area (Å²) in [7, 11) is 4.25. The van der Waals surface area contributed by atoms with Gasteiger partial charge < -0.3 is 43.7 Å². The van der Waals surface area contributed by atoms with Crippen LogP contribution in [0, 0.1) is 13.8 Å². The number of ether oxygens (including phenoxy) is 6. The van der Waals surface area contributed by atoms with Crippen LogP contribution in [0.4, 0.5) is 0 Å². The normalized spacial score (nSPS) is 29.1. The molecular weight excluding hydrogens is 504 g/mol. The molecule has 7 atom stereocenters. The van der Waals surface area contributed by atoms with Crippen LogP contribution in [0.5, 0.6) is 17.2 Å². The van der Waals surface area contributed by atoms with Gasteiger partial charge >= 0.3 is 0 Å². The molecule has 2 aliphatic heterocycles. The van der Waals surface area contributed by atoms with E-state index >= 15 is 0 Å². The Labute approximate surface area is 224 Å². The largest absolute Gasteiger partial charge is 0.492 e. The molecule has 2 heterocycles. The van der Waals surface area contributed by atoms with Crippen molar-refractivity contribution in [2.45, 2.75) is 83.1 Å². The number of hydrogen-bond donors (Lipinski definition) is 3. The fourth-order valence-corrected chi connectivity index (χ4v) is 4.71. The van der Waals surface area contributed by atoms with Gasteiger partial charge in [-0.1, -0.05) is 13.8 Å². The van der Waals surface area contributed by atoms with E-state index in [1.54, 1.807) is 32.5 Å². The quantitative estimate of drug-likeness (QED) is 0.434. The summed E-state index contributed by atoms with van der Waals surface area (Å²) in [5, 5.41) is 30.1. The Bertz CT molecular complexity index is 836. The minimum Gasteiger partial charge on any atom is -0.492 e. The van der Waals surface area contributed by atoms with E-state index in [1.165, 1.54) is 21.3 Å². The van der Waals surface area contributed by atoms with E-state index in [2.05, 4.69) is 0 Å². The molecule has 0 spiro atoms. The van der Waals surface area contributed by atoms with Gasteiger partial charge in [0.05, 0.1) is 43.8 Å². The van der Waals surface area contributed by atoms with E-state index in [1.807, 2.05) is 20.1 Å². The van der Waals surface area contributed by atoms with Gasteiger partial charge in [-0.05, 0) is 44.6 Å². The number of aldehydes is 1. The van der Waals surface area contributed by atoms with Crippen LogP contribution >= 0.6 is 11.8 Å². The van der Waals surface area contributed by atoms with Crippen molar-refractivity contribution in [2.24, 2.45) is 0 Å². The van der Waals surface area contributed by atoms with Crippen LogP contribution in [0.25, 0.3) is 0 Å². The van der Waals surface area contributed by atoms with Crippen LogP contribution in [0.1, 0.15) is 48.7 Å². The minimum atomic E-state index is -1.23. The molecule has 1 aromatic carbocycles. The summed E-state index contributed by atoms with van der Waals surface area (Å²) in [5.41, 5.74) is 1.67. The van der Waals surface area contributed by atoms with E-state index in [4.69, 9.17) is 28.4 Å². The average Bonchev–Trinajstić information content (AvgIpc) is 2.91. The summed E-state index contributed by atoms with van der Waals surface area (Å²) in [5.74, 6) is 0.749. The summed E-state index contributed by atoms with van der Waals surface area (Å²) >= 11 is 1.68. The van der Waals surface area contributed by atoms with Gasteiger partial charge in [0.15, 0.2) is 17.8 Å². The summed E-state index contributed by atoms with van der Waals surface area (Å²) in [4.78, 5) is 11.5. The molecule has 2 saturated heterocycles. The molecule has 0 radical (unpaired) electrons. The zero-order valence-electron chi connectivity index (χ0n) is 23.3. The summed E-state index contributed by atoms with van der Waals surface area (Å²) in [6, 6.07) is 0. The minimum absolute atomic E-state index is 0.145. The maximum Gasteiger partial charge on any atom is 0.229 e. The van der Waals surface area contributed by atoms with Crippen LogP contribution in [0.3, 0.4) is 0 Å². The van der Waals surface area contributed by atoms with Crippen LogP contribution in [0.15, 0.2) is 0 Å².